The molecule has 0 aliphatic carbocycles. The lowest BCUT2D eigenvalue weighted by atomic mass is 10.0. The topological polar surface area (TPSA) is 56.7 Å². The smallest absolute Gasteiger partial charge is 0.114 e. The maximum absolute atomic E-state index is 5.71. The van der Waals surface area contributed by atoms with Gasteiger partial charge in [0.2, 0.25) is 0 Å². The normalized spacial score (nSPS) is 12.7. The summed E-state index contributed by atoms with van der Waals surface area (Å²) >= 11 is 5.02. The Labute approximate surface area is 284 Å². The van der Waals surface area contributed by atoms with Crippen LogP contribution in [0.25, 0.3) is 64.2 Å². The Bertz CT molecular complexity index is 2160. The van der Waals surface area contributed by atoms with Gasteiger partial charge in [-0.3, -0.25) is 0 Å². The van der Waals surface area contributed by atoms with E-state index >= 15 is 0 Å². The first-order valence-corrected chi connectivity index (χ1v) is 18.9. The number of aryl methyl sites for hydroxylation is 4. The van der Waals surface area contributed by atoms with Crippen LogP contribution in [0.1, 0.15) is 73.1 Å². The molecule has 1 unspecified atom stereocenters. The monoisotopic (exact) mass is 662 g/mol. The second-order valence-electron chi connectivity index (χ2n) is 12.9. The minimum atomic E-state index is 0.423. The van der Waals surface area contributed by atoms with E-state index in [1.54, 1.807) is 0 Å². The van der Waals surface area contributed by atoms with Crippen molar-refractivity contribution in [2.45, 2.75) is 79.2 Å². The van der Waals surface area contributed by atoms with Crippen LogP contribution in [-0.2, 0) is 0 Å². The van der Waals surface area contributed by atoms with Crippen LogP contribution in [-0.4, -0.2) is 19.9 Å². The molecule has 236 valence electrons. The molecule has 7 heteroatoms. The van der Waals surface area contributed by atoms with Gasteiger partial charge < -0.3 is 10.3 Å². The van der Waals surface area contributed by atoms with Gasteiger partial charge in [-0.1, -0.05) is 62.1 Å². The average molecular weight is 663 g/mol. The molecule has 0 aliphatic rings. The fraction of sp³-hybridized carbons (Fsp3) is 0.333. The number of hydrogen-bond donors (Lipinski definition) is 1. The molecule has 0 saturated heterocycles. The second-order valence-corrected chi connectivity index (χ2v) is 15.7. The van der Waals surface area contributed by atoms with Crippen LogP contribution in [0.15, 0.2) is 60.7 Å². The van der Waals surface area contributed by atoms with Crippen molar-refractivity contribution in [1.29, 1.82) is 0 Å². The van der Waals surface area contributed by atoms with Gasteiger partial charge in [0.25, 0.3) is 0 Å². The molecule has 4 heterocycles. The Morgan fingerprint density at radius 2 is 1.33 bits per heavy atom. The second kappa shape index (κ2) is 13.0. The number of benzene rings is 3. The molecule has 0 aliphatic heterocycles. The van der Waals surface area contributed by atoms with Gasteiger partial charge in [-0.2, -0.15) is 8.75 Å². The van der Waals surface area contributed by atoms with Gasteiger partial charge in [0.05, 0.1) is 11.7 Å². The van der Waals surface area contributed by atoms with Crippen LogP contribution >= 0.6 is 34.4 Å². The van der Waals surface area contributed by atoms with Crippen molar-refractivity contribution in [3.8, 4) is 31.3 Å². The van der Waals surface area contributed by atoms with E-state index < -0.39 is 0 Å². The standard InChI is InChI=1S/C39H42N4S3/c1-23-12-14-29-30-15-13-28(22-34(30)43(33(29)19-23)26(4)11-9-7-6-8-10-18-40)39-25(3)21-36(45-39)32-17-16-31(37-38(32)42-46-41-37)35-20-24(2)27(5)44-35/h12-17,19-22,26H,6-11,18,40H2,1-5H3. The van der Waals surface area contributed by atoms with E-state index in [0.29, 0.717) is 6.04 Å². The first-order valence-electron chi connectivity index (χ1n) is 16.5. The molecule has 4 aromatic heterocycles. The predicted octanol–water partition coefficient (Wildman–Crippen LogP) is 12.0. The molecule has 0 bridgehead atoms. The number of fused-ring (bicyclic) bond motifs is 4. The van der Waals surface area contributed by atoms with E-state index in [1.165, 1.54) is 119 Å². The third-order valence-electron chi connectivity index (χ3n) is 9.52. The van der Waals surface area contributed by atoms with Crippen molar-refractivity contribution < 1.29 is 0 Å². The van der Waals surface area contributed by atoms with E-state index in [1.807, 2.05) is 22.7 Å². The minimum Gasteiger partial charge on any atom is -0.338 e. The lowest BCUT2D eigenvalue weighted by molar-refractivity contribution is 0.488. The molecule has 1 atom stereocenters. The molecular weight excluding hydrogens is 621 g/mol. The van der Waals surface area contributed by atoms with Crippen LogP contribution in [0.4, 0.5) is 0 Å². The van der Waals surface area contributed by atoms with Gasteiger partial charge in [-0.25, -0.2) is 0 Å². The summed E-state index contributed by atoms with van der Waals surface area (Å²) in [5, 5.41) is 2.69. The summed E-state index contributed by atoms with van der Waals surface area (Å²) in [4.78, 5) is 5.19. The lowest BCUT2D eigenvalue weighted by Crippen LogP contribution is -2.05. The molecule has 7 aromatic rings. The molecule has 0 spiro atoms. The Morgan fingerprint density at radius 3 is 2.02 bits per heavy atom. The summed E-state index contributed by atoms with van der Waals surface area (Å²) in [6.45, 7) is 12.0. The Kier molecular flexibility index (Phi) is 8.85. The molecule has 3 aromatic carbocycles. The molecule has 4 nitrogen and oxygen atoms in total. The Balaban J connectivity index is 1.26. The van der Waals surface area contributed by atoms with E-state index in [9.17, 15) is 0 Å². The molecule has 2 N–H and O–H groups in total. The summed E-state index contributed by atoms with van der Waals surface area (Å²) in [6, 6.07) is 23.6. The number of rotatable bonds is 11. The van der Waals surface area contributed by atoms with Crippen molar-refractivity contribution in [3.63, 3.8) is 0 Å². The number of aromatic nitrogens is 3. The highest BCUT2D eigenvalue weighted by Gasteiger charge is 2.20. The summed E-state index contributed by atoms with van der Waals surface area (Å²) in [5.41, 5.74) is 18.0. The molecule has 0 fully saturated rings. The minimum absolute atomic E-state index is 0.423. The van der Waals surface area contributed by atoms with Crippen LogP contribution in [0.5, 0.6) is 0 Å². The first-order chi connectivity index (χ1) is 22.3. The SMILES string of the molecule is Cc1ccc2c3ccc(-c4sc(-c5ccc(-c6cc(C)c(C)s6)c6nsnc56)cc4C)cc3n(C(C)CCCCCCCN)c2c1. The van der Waals surface area contributed by atoms with Crippen molar-refractivity contribution in [2.24, 2.45) is 5.73 Å². The molecule has 0 amide bonds. The maximum Gasteiger partial charge on any atom is 0.114 e. The Hall–Kier alpha value is -3.36. The van der Waals surface area contributed by atoms with E-state index in [0.717, 1.165) is 24.0 Å². The third kappa shape index (κ3) is 5.72. The highest BCUT2D eigenvalue weighted by Crippen LogP contribution is 2.44. The van der Waals surface area contributed by atoms with Crippen molar-refractivity contribution in [1.82, 2.24) is 13.3 Å². The quantitative estimate of drug-likeness (QED) is 0.140. The maximum atomic E-state index is 5.71. The van der Waals surface area contributed by atoms with Gasteiger partial charge >= 0.3 is 0 Å². The molecule has 0 radical (unpaired) electrons. The molecular formula is C39H42N4S3. The molecule has 46 heavy (non-hydrogen) atoms. The predicted molar refractivity (Wildman–Crippen MR) is 203 cm³/mol. The highest BCUT2D eigenvalue weighted by atomic mass is 32.1. The lowest BCUT2D eigenvalue weighted by Gasteiger charge is -2.17. The van der Waals surface area contributed by atoms with Crippen LogP contribution in [0, 0.1) is 27.7 Å². The first kappa shape index (κ1) is 31.3. The van der Waals surface area contributed by atoms with Gasteiger partial charge in [0.15, 0.2) is 0 Å². The summed E-state index contributed by atoms with van der Waals surface area (Å²) in [7, 11) is 0. The van der Waals surface area contributed by atoms with Gasteiger partial charge in [-0.05, 0) is 101 Å². The fourth-order valence-electron chi connectivity index (χ4n) is 6.89. The van der Waals surface area contributed by atoms with Gasteiger partial charge in [0.1, 0.15) is 11.0 Å². The van der Waals surface area contributed by atoms with E-state index in [2.05, 4.69) is 99.8 Å². The van der Waals surface area contributed by atoms with Gasteiger partial charge in [-0.15, -0.1) is 22.7 Å². The van der Waals surface area contributed by atoms with Crippen molar-refractivity contribution >= 4 is 67.2 Å². The van der Waals surface area contributed by atoms with Crippen LogP contribution in [0.3, 0.4) is 0 Å². The highest BCUT2D eigenvalue weighted by molar-refractivity contribution is 7.19. The number of nitrogens with two attached hydrogens (primary N) is 1. The number of unbranched alkanes of at least 4 members (excludes halogenated alkanes) is 4. The molecule has 0 saturated carbocycles. The summed E-state index contributed by atoms with van der Waals surface area (Å²) in [5.74, 6) is 0. The van der Waals surface area contributed by atoms with Gasteiger partial charge in [0, 0.05) is 58.5 Å². The zero-order valence-corrected chi connectivity index (χ0v) is 29.9. The van der Waals surface area contributed by atoms with Crippen molar-refractivity contribution in [3.05, 3.63) is 82.2 Å². The average Bonchev–Trinajstić information content (AvgIpc) is 3.82. The molecule has 7 rings (SSSR count). The zero-order valence-electron chi connectivity index (χ0n) is 27.4. The zero-order chi connectivity index (χ0) is 31.9. The number of thiophene rings is 2. The summed E-state index contributed by atoms with van der Waals surface area (Å²) in [6.07, 6.45) is 7.36. The van der Waals surface area contributed by atoms with Crippen LogP contribution in [0.2, 0.25) is 0 Å². The largest absolute Gasteiger partial charge is 0.338 e. The Morgan fingerprint density at radius 1 is 0.696 bits per heavy atom. The van der Waals surface area contributed by atoms with E-state index in [-0.39, 0.29) is 0 Å². The number of nitrogens with zero attached hydrogens (tertiary/aromatic N) is 3. The van der Waals surface area contributed by atoms with Crippen molar-refractivity contribution in [2.75, 3.05) is 6.54 Å². The summed E-state index contributed by atoms with van der Waals surface area (Å²) < 4.78 is 12.2. The van der Waals surface area contributed by atoms with Crippen LogP contribution < -0.4 is 5.73 Å². The fourth-order valence-corrected chi connectivity index (χ4v) is 9.72. The third-order valence-corrected chi connectivity index (χ3v) is 12.6. The number of hydrogen-bond acceptors (Lipinski definition) is 6. The van der Waals surface area contributed by atoms with E-state index in [4.69, 9.17) is 14.5 Å².